The van der Waals surface area contributed by atoms with Gasteiger partial charge in [0.05, 0.1) is 0 Å². The van der Waals surface area contributed by atoms with Crippen LogP contribution >= 0.6 is 11.6 Å². The summed E-state index contributed by atoms with van der Waals surface area (Å²) in [7, 11) is 0. The van der Waals surface area contributed by atoms with E-state index in [4.69, 9.17) is 11.6 Å². The second-order valence-electron chi connectivity index (χ2n) is 6.01. The summed E-state index contributed by atoms with van der Waals surface area (Å²) in [5.74, 6) is -0.152. The van der Waals surface area contributed by atoms with Gasteiger partial charge in [-0.15, -0.1) is 0 Å². The van der Waals surface area contributed by atoms with Gasteiger partial charge in [0.2, 0.25) is 0 Å². The van der Waals surface area contributed by atoms with Gasteiger partial charge in [-0.3, -0.25) is 4.79 Å². The minimum atomic E-state index is -0.152. The summed E-state index contributed by atoms with van der Waals surface area (Å²) in [5, 5.41) is 5.41. The highest BCUT2D eigenvalue weighted by Gasteiger charge is 2.13. The summed E-state index contributed by atoms with van der Waals surface area (Å²) >= 11 is 6.27. The van der Waals surface area contributed by atoms with Gasteiger partial charge in [0, 0.05) is 27.2 Å². The first kappa shape index (κ1) is 16.4. The third kappa shape index (κ3) is 3.07. The third-order valence-corrected chi connectivity index (χ3v) is 4.70. The Morgan fingerprint density at radius 2 is 1.38 bits per heavy atom. The number of halogens is 1. The van der Waals surface area contributed by atoms with Crippen molar-refractivity contribution in [3.05, 3.63) is 102 Å². The first-order chi connectivity index (χ1) is 12.7. The molecule has 0 saturated heterocycles. The molecular weight excluding hydrogens is 342 g/mol. The molecule has 0 unspecified atom stereocenters. The number of hydrogen-bond donors (Lipinski definition) is 1. The van der Waals surface area contributed by atoms with E-state index in [-0.39, 0.29) is 5.91 Å². The lowest BCUT2D eigenvalue weighted by Crippen LogP contribution is -2.13. The van der Waals surface area contributed by atoms with Gasteiger partial charge in [0.1, 0.15) is 0 Å². The molecule has 0 spiro atoms. The Balaban J connectivity index is 1.74. The van der Waals surface area contributed by atoms with Gasteiger partial charge in [-0.2, -0.15) is 0 Å². The smallest absolute Gasteiger partial charge is 0.256 e. The fourth-order valence-electron chi connectivity index (χ4n) is 3.12. The molecule has 0 aliphatic rings. The molecule has 4 aromatic carbocycles. The van der Waals surface area contributed by atoms with Crippen LogP contribution in [0.3, 0.4) is 0 Å². The van der Waals surface area contributed by atoms with E-state index >= 15 is 0 Å². The van der Waals surface area contributed by atoms with E-state index in [1.165, 1.54) is 0 Å². The first-order valence-electron chi connectivity index (χ1n) is 8.37. The maximum atomic E-state index is 13.0. The number of carbonyl (C=O) groups excluding carboxylic acids is 1. The van der Waals surface area contributed by atoms with E-state index in [2.05, 4.69) is 5.32 Å². The molecule has 0 radical (unpaired) electrons. The fraction of sp³-hybridized carbons (Fsp3) is 0. The van der Waals surface area contributed by atoms with E-state index in [1.54, 1.807) is 0 Å². The number of benzene rings is 4. The summed E-state index contributed by atoms with van der Waals surface area (Å²) in [5.41, 5.74) is 3.43. The highest BCUT2D eigenvalue weighted by Crippen LogP contribution is 2.30. The van der Waals surface area contributed by atoms with E-state index in [1.807, 2.05) is 91.0 Å². The number of nitrogens with one attached hydrogen (secondary N) is 1. The number of fused-ring (bicyclic) bond motifs is 1. The van der Waals surface area contributed by atoms with Crippen LogP contribution in [-0.4, -0.2) is 5.91 Å². The van der Waals surface area contributed by atoms with Crippen LogP contribution in [0.5, 0.6) is 0 Å². The molecule has 3 heteroatoms. The number of hydrogen-bond acceptors (Lipinski definition) is 1. The molecule has 2 nitrogen and oxygen atoms in total. The van der Waals surface area contributed by atoms with Crippen molar-refractivity contribution >= 4 is 34.0 Å². The standard InChI is InChI=1S/C23H16ClNO/c24-21-14-7-11-18-19(21)12-6-13-20(18)23(26)25-22-15-5-4-10-17(22)16-8-2-1-3-9-16/h1-15H,(H,25,26). The monoisotopic (exact) mass is 357 g/mol. The van der Waals surface area contributed by atoms with Crippen LogP contribution in [0.15, 0.2) is 91.0 Å². The Bertz CT molecular complexity index is 1090. The molecule has 4 rings (SSSR count). The van der Waals surface area contributed by atoms with Crippen LogP contribution in [0.1, 0.15) is 10.4 Å². The van der Waals surface area contributed by atoms with E-state index < -0.39 is 0 Å². The van der Waals surface area contributed by atoms with Crippen molar-refractivity contribution < 1.29 is 4.79 Å². The molecule has 0 aromatic heterocycles. The average molecular weight is 358 g/mol. The SMILES string of the molecule is O=C(Nc1ccccc1-c1ccccc1)c1cccc2c(Cl)cccc12. The van der Waals surface area contributed by atoms with Crippen molar-refractivity contribution in [1.29, 1.82) is 0 Å². The Labute approximate surface area is 157 Å². The van der Waals surface area contributed by atoms with Crippen molar-refractivity contribution in [2.24, 2.45) is 0 Å². The molecule has 0 aliphatic carbocycles. The van der Waals surface area contributed by atoms with Crippen LogP contribution in [0.2, 0.25) is 5.02 Å². The lowest BCUT2D eigenvalue weighted by atomic mass is 10.0. The maximum Gasteiger partial charge on any atom is 0.256 e. The lowest BCUT2D eigenvalue weighted by molar-refractivity contribution is 0.102. The van der Waals surface area contributed by atoms with E-state index in [9.17, 15) is 4.79 Å². The molecule has 0 saturated carbocycles. The second kappa shape index (κ2) is 7.03. The van der Waals surface area contributed by atoms with Gasteiger partial charge in [0.25, 0.3) is 5.91 Å². The van der Waals surface area contributed by atoms with Gasteiger partial charge in [-0.05, 0) is 29.1 Å². The van der Waals surface area contributed by atoms with Crippen LogP contribution in [-0.2, 0) is 0 Å². The molecule has 1 N–H and O–H groups in total. The topological polar surface area (TPSA) is 29.1 Å². The molecule has 4 aromatic rings. The Morgan fingerprint density at radius 3 is 2.23 bits per heavy atom. The van der Waals surface area contributed by atoms with Gasteiger partial charge >= 0.3 is 0 Å². The number of para-hydroxylation sites is 1. The summed E-state index contributed by atoms with van der Waals surface area (Å²) in [6.45, 7) is 0. The largest absolute Gasteiger partial charge is 0.321 e. The van der Waals surface area contributed by atoms with Gasteiger partial charge < -0.3 is 5.32 Å². The highest BCUT2D eigenvalue weighted by molar-refractivity contribution is 6.36. The van der Waals surface area contributed by atoms with Crippen molar-refractivity contribution in [1.82, 2.24) is 0 Å². The molecule has 0 fully saturated rings. The molecule has 1 amide bonds. The van der Waals surface area contributed by atoms with Gasteiger partial charge in [-0.1, -0.05) is 84.4 Å². The average Bonchev–Trinajstić information content (AvgIpc) is 2.69. The van der Waals surface area contributed by atoms with Gasteiger partial charge in [0.15, 0.2) is 0 Å². The van der Waals surface area contributed by atoms with Crippen LogP contribution in [0, 0.1) is 0 Å². The quantitative estimate of drug-likeness (QED) is 0.450. The molecule has 0 bridgehead atoms. The number of anilines is 1. The van der Waals surface area contributed by atoms with Crippen molar-refractivity contribution in [3.63, 3.8) is 0 Å². The van der Waals surface area contributed by atoms with Gasteiger partial charge in [-0.25, -0.2) is 0 Å². The van der Waals surface area contributed by atoms with E-state index in [0.717, 1.165) is 27.6 Å². The Morgan fingerprint density at radius 1 is 0.692 bits per heavy atom. The van der Waals surface area contributed by atoms with Crippen LogP contribution in [0.25, 0.3) is 21.9 Å². The molecular formula is C23H16ClNO. The number of amides is 1. The summed E-state index contributed by atoms with van der Waals surface area (Å²) in [6.07, 6.45) is 0. The summed E-state index contributed by atoms with van der Waals surface area (Å²) in [4.78, 5) is 13.0. The zero-order valence-corrected chi connectivity index (χ0v) is 14.7. The van der Waals surface area contributed by atoms with E-state index in [0.29, 0.717) is 10.6 Å². The molecule has 0 atom stereocenters. The third-order valence-electron chi connectivity index (χ3n) is 4.37. The van der Waals surface area contributed by atoms with Crippen molar-refractivity contribution in [3.8, 4) is 11.1 Å². The zero-order chi connectivity index (χ0) is 17.9. The van der Waals surface area contributed by atoms with Crippen LogP contribution < -0.4 is 5.32 Å². The van der Waals surface area contributed by atoms with Crippen molar-refractivity contribution in [2.75, 3.05) is 5.32 Å². The lowest BCUT2D eigenvalue weighted by Gasteiger charge is -2.13. The first-order valence-corrected chi connectivity index (χ1v) is 8.75. The summed E-state index contributed by atoms with van der Waals surface area (Å²) < 4.78 is 0. The predicted molar refractivity (Wildman–Crippen MR) is 109 cm³/mol. The number of rotatable bonds is 3. The van der Waals surface area contributed by atoms with Crippen LogP contribution in [0.4, 0.5) is 5.69 Å². The molecule has 126 valence electrons. The Kier molecular flexibility index (Phi) is 4.42. The molecule has 26 heavy (non-hydrogen) atoms. The number of carbonyl (C=O) groups is 1. The predicted octanol–water partition coefficient (Wildman–Crippen LogP) is 6.41. The second-order valence-corrected chi connectivity index (χ2v) is 6.41. The normalized spacial score (nSPS) is 10.7. The molecule has 0 heterocycles. The maximum absolute atomic E-state index is 13.0. The molecule has 0 aliphatic heterocycles. The fourth-order valence-corrected chi connectivity index (χ4v) is 3.36. The summed E-state index contributed by atoms with van der Waals surface area (Å²) in [6, 6.07) is 29.0. The highest BCUT2D eigenvalue weighted by atomic mass is 35.5. The van der Waals surface area contributed by atoms with Crippen molar-refractivity contribution in [2.45, 2.75) is 0 Å². The minimum Gasteiger partial charge on any atom is -0.321 e. The Hall–Kier alpha value is -3.10. The zero-order valence-electron chi connectivity index (χ0n) is 13.9. The minimum absolute atomic E-state index is 0.152.